The maximum Gasteiger partial charge on any atom is 0.208 e. The molecule has 1 aliphatic rings. The highest BCUT2D eigenvalue weighted by atomic mass is 35.5. The maximum absolute atomic E-state index is 7.11. The second kappa shape index (κ2) is 7.95. The SMILES string of the molecule is Cl.[C-]#[N+]c1ccc(Cn2c(N3CCC[C@H](N)C3)nc3ccc(C)nc32)cc1. The van der Waals surface area contributed by atoms with Gasteiger partial charge in [0.05, 0.1) is 13.1 Å². The van der Waals surface area contributed by atoms with Crippen molar-refractivity contribution in [2.24, 2.45) is 5.73 Å². The predicted molar refractivity (Wildman–Crippen MR) is 111 cm³/mol. The van der Waals surface area contributed by atoms with Gasteiger partial charge in [-0.3, -0.25) is 4.57 Å². The van der Waals surface area contributed by atoms with Gasteiger partial charge in [-0.2, -0.15) is 0 Å². The van der Waals surface area contributed by atoms with E-state index in [1.807, 2.05) is 43.3 Å². The van der Waals surface area contributed by atoms with Crippen LogP contribution >= 0.6 is 12.4 Å². The largest absolute Gasteiger partial charge is 0.341 e. The van der Waals surface area contributed by atoms with E-state index in [4.69, 9.17) is 22.3 Å². The summed E-state index contributed by atoms with van der Waals surface area (Å²) in [5.41, 5.74) is 10.8. The van der Waals surface area contributed by atoms with Gasteiger partial charge >= 0.3 is 0 Å². The number of aryl methyl sites for hydroxylation is 1. The smallest absolute Gasteiger partial charge is 0.208 e. The van der Waals surface area contributed by atoms with E-state index in [1.54, 1.807) is 0 Å². The fraction of sp³-hybridized carbons (Fsp3) is 0.350. The number of piperidine rings is 1. The lowest BCUT2D eigenvalue weighted by Gasteiger charge is -2.31. The number of imidazole rings is 1. The molecule has 0 bridgehead atoms. The first-order valence-electron chi connectivity index (χ1n) is 8.95. The number of aromatic nitrogens is 3. The Bertz CT molecular complexity index is 973. The summed E-state index contributed by atoms with van der Waals surface area (Å²) < 4.78 is 2.17. The Morgan fingerprint density at radius 1 is 1.19 bits per heavy atom. The Labute approximate surface area is 165 Å². The summed E-state index contributed by atoms with van der Waals surface area (Å²) in [4.78, 5) is 15.3. The molecule has 140 valence electrons. The van der Waals surface area contributed by atoms with E-state index >= 15 is 0 Å². The van der Waals surface area contributed by atoms with Gasteiger partial charge in [-0.05, 0) is 37.5 Å². The van der Waals surface area contributed by atoms with Gasteiger partial charge in [-0.25, -0.2) is 14.8 Å². The monoisotopic (exact) mass is 382 g/mol. The van der Waals surface area contributed by atoms with E-state index in [2.05, 4.69) is 14.3 Å². The predicted octanol–water partition coefficient (Wildman–Crippen LogP) is 3.69. The van der Waals surface area contributed by atoms with Crippen molar-refractivity contribution >= 4 is 35.2 Å². The van der Waals surface area contributed by atoms with E-state index < -0.39 is 0 Å². The molecule has 0 unspecified atom stereocenters. The molecule has 4 rings (SSSR count). The van der Waals surface area contributed by atoms with Gasteiger partial charge in [0.1, 0.15) is 5.52 Å². The molecule has 2 aromatic heterocycles. The van der Waals surface area contributed by atoms with Gasteiger partial charge in [0.15, 0.2) is 11.3 Å². The zero-order chi connectivity index (χ0) is 18.1. The van der Waals surface area contributed by atoms with Crippen LogP contribution in [0.2, 0.25) is 0 Å². The first kappa shape index (κ1) is 19.2. The van der Waals surface area contributed by atoms with E-state index in [-0.39, 0.29) is 18.4 Å². The third kappa shape index (κ3) is 3.90. The van der Waals surface area contributed by atoms with Gasteiger partial charge in [-0.1, -0.05) is 24.3 Å². The molecule has 3 heterocycles. The third-order valence-electron chi connectivity index (χ3n) is 4.86. The lowest BCUT2D eigenvalue weighted by atomic mass is 10.1. The number of nitrogens with two attached hydrogens (primary N) is 1. The highest BCUT2D eigenvalue weighted by Crippen LogP contribution is 2.26. The van der Waals surface area contributed by atoms with Crippen LogP contribution in [-0.4, -0.2) is 33.7 Å². The van der Waals surface area contributed by atoms with Gasteiger partial charge in [0.2, 0.25) is 5.95 Å². The van der Waals surface area contributed by atoms with Crippen molar-refractivity contribution in [3.63, 3.8) is 0 Å². The van der Waals surface area contributed by atoms with Crippen molar-refractivity contribution in [2.75, 3.05) is 18.0 Å². The molecule has 0 saturated carbocycles. The van der Waals surface area contributed by atoms with Crippen molar-refractivity contribution in [3.8, 4) is 0 Å². The molecule has 6 nitrogen and oxygen atoms in total. The molecule has 3 aromatic rings. The highest BCUT2D eigenvalue weighted by Gasteiger charge is 2.23. The van der Waals surface area contributed by atoms with Crippen LogP contribution in [0.3, 0.4) is 0 Å². The lowest BCUT2D eigenvalue weighted by molar-refractivity contribution is 0.495. The Balaban J connectivity index is 0.00000210. The Morgan fingerprint density at radius 3 is 2.67 bits per heavy atom. The van der Waals surface area contributed by atoms with Crippen LogP contribution in [0.25, 0.3) is 16.0 Å². The highest BCUT2D eigenvalue weighted by molar-refractivity contribution is 5.85. The number of hydrogen-bond acceptors (Lipinski definition) is 4. The summed E-state index contributed by atoms with van der Waals surface area (Å²) in [5.74, 6) is 0.933. The quantitative estimate of drug-likeness (QED) is 0.701. The van der Waals surface area contributed by atoms with Crippen LogP contribution in [0.15, 0.2) is 36.4 Å². The summed E-state index contributed by atoms with van der Waals surface area (Å²) >= 11 is 0. The van der Waals surface area contributed by atoms with Crippen LogP contribution in [0.4, 0.5) is 11.6 Å². The van der Waals surface area contributed by atoms with E-state index in [9.17, 15) is 0 Å². The molecule has 27 heavy (non-hydrogen) atoms. The molecule has 0 amide bonds. The summed E-state index contributed by atoms with van der Waals surface area (Å²) in [6.07, 6.45) is 2.14. The van der Waals surface area contributed by atoms with Crippen LogP contribution in [0.5, 0.6) is 0 Å². The molecule has 0 spiro atoms. The van der Waals surface area contributed by atoms with Crippen molar-refractivity contribution in [1.29, 1.82) is 0 Å². The zero-order valence-corrected chi connectivity index (χ0v) is 16.1. The van der Waals surface area contributed by atoms with E-state index in [0.29, 0.717) is 12.2 Å². The number of anilines is 1. The second-order valence-corrected chi connectivity index (χ2v) is 6.92. The van der Waals surface area contributed by atoms with E-state index in [1.165, 1.54) is 0 Å². The number of halogens is 1. The molecule has 1 saturated heterocycles. The molecule has 1 aliphatic heterocycles. The minimum absolute atomic E-state index is 0. The number of nitrogens with zero attached hydrogens (tertiary/aromatic N) is 5. The molecule has 1 aromatic carbocycles. The summed E-state index contributed by atoms with van der Waals surface area (Å²) in [7, 11) is 0. The standard InChI is InChI=1S/C20H22N6.ClH/c1-14-5-10-18-19(23-14)26(12-15-6-8-17(22-2)9-7-15)20(24-18)25-11-3-4-16(21)13-25;/h5-10,16H,3-4,11-13,21H2,1H3;1H/t16-;/m0./s1. The van der Waals surface area contributed by atoms with Crippen molar-refractivity contribution in [2.45, 2.75) is 32.4 Å². The number of benzene rings is 1. The molecular formula is C20H23ClN6. The number of hydrogen-bond donors (Lipinski definition) is 1. The van der Waals surface area contributed by atoms with Crippen molar-refractivity contribution in [1.82, 2.24) is 14.5 Å². The first-order valence-corrected chi connectivity index (χ1v) is 8.95. The van der Waals surface area contributed by atoms with Crippen LogP contribution in [0, 0.1) is 13.5 Å². The zero-order valence-electron chi connectivity index (χ0n) is 15.3. The molecule has 0 aliphatic carbocycles. The number of pyridine rings is 1. The average molecular weight is 383 g/mol. The summed E-state index contributed by atoms with van der Waals surface area (Å²) in [6.45, 7) is 11.6. The van der Waals surface area contributed by atoms with Crippen LogP contribution in [0.1, 0.15) is 24.1 Å². The van der Waals surface area contributed by atoms with Gasteiger partial charge in [0, 0.05) is 24.8 Å². The van der Waals surface area contributed by atoms with Crippen molar-refractivity contribution < 1.29 is 0 Å². The fourth-order valence-electron chi connectivity index (χ4n) is 3.52. The minimum Gasteiger partial charge on any atom is -0.341 e. The Hall–Kier alpha value is -2.62. The summed E-state index contributed by atoms with van der Waals surface area (Å²) in [6, 6.07) is 11.9. The molecule has 0 radical (unpaired) electrons. The number of fused-ring (bicyclic) bond motifs is 1. The Kier molecular flexibility index (Phi) is 5.64. The minimum atomic E-state index is 0. The fourth-order valence-corrected chi connectivity index (χ4v) is 3.52. The van der Waals surface area contributed by atoms with Gasteiger partial charge in [0.25, 0.3) is 0 Å². The van der Waals surface area contributed by atoms with Crippen LogP contribution < -0.4 is 10.6 Å². The van der Waals surface area contributed by atoms with Crippen molar-refractivity contribution in [3.05, 3.63) is 59.1 Å². The average Bonchev–Trinajstić information content (AvgIpc) is 3.00. The van der Waals surface area contributed by atoms with Gasteiger partial charge < -0.3 is 10.6 Å². The number of rotatable bonds is 3. The second-order valence-electron chi connectivity index (χ2n) is 6.92. The summed E-state index contributed by atoms with van der Waals surface area (Å²) in [5, 5.41) is 0. The lowest BCUT2D eigenvalue weighted by Crippen LogP contribution is -2.44. The molecule has 7 heteroatoms. The van der Waals surface area contributed by atoms with Gasteiger partial charge in [-0.15, -0.1) is 12.4 Å². The topological polar surface area (TPSA) is 64.3 Å². The molecule has 2 N–H and O–H groups in total. The molecule has 1 fully saturated rings. The maximum atomic E-state index is 7.11. The normalized spacial score (nSPS) is 16.8. The van der Waals surface area contributed by atoms with Crippen LogP contribution in [-0.2, 0) is 6.54 Å². The molecular weight excluding hydrogens is 360 g/mol. The molecule has 1 atom stereocenters. The first-order chi connectivity index (χ1) is 12.6. The Morgan fingerprint density at radius 2 is 1.96 bits per heavy atom. The van der Waals surface area contributed by atoms with E-state index in [0.717, 1.165) is 54.3 Å². The third-order valence-corrected chi connectivity index (χ3v) is 4.86.